The number of hydrogen-bond acceptors (Lipinski definition) is 5. The highest BCUT2D eigenvalue weighted by Gasteiger charge is 2.34. The standard InChI is InChI=1S/C14H15F3N2O4/c1-23-13(20)9-4-6-18(7-5-9)11-3-2-10(14(15,16)17)8-12(11)19(21)22/h2-3,8-9H,4-7H2,1H3. The molecule has 0 saturated carbocycles. The molecule has 0 aromatic heterocycles. The molecule has 0 atom stereocenters. The predicted molar refractivity (Wildman–Crippen MR) is 75.1 cm³/mol. The SMILES string of the molecule is COC(=O)C1CCN(c2ccc(C(F)(F)F)cc2[N+](=O)[O-])CC1. The number of benzene rings is 1. The van der Waals surface area contributed by atoms with Gasteiger partial charge in [0, 0.05) is 19.2 Å². The summed E-state index contributed by atoms with van der Waals surface area (Å²) >= 11 is 0. The number of nitro groups is 1. The van der Waals surface area contributed by atoms with Crippen molar-refractivity contribution in [1.29, 1.82) is 0 Å². The van der Waals surface area contributed by atoms with Gasteiger partial charge >= 0.3 is 12.1 Å². The van der Waals surface area contributed by atoms with Crippen molar-refractivity contribution < 1.29 is 27.6 Å². The monoisotopic (exact) mass is 332 g/mol. The van der Waals surface area contributed by atoms with Crippen molar-refractivity contribution in [2.24, 2.45) is 5.92 Å². The first-order chi connectivity index (χ1) is 10.7. The zero-order chi connectivity index (χ0) is 17.2. The van der Waals surface area contributed by atoms with Crippen LogP contribution >= 0.6 is 0 Å². The minimum Gasteiger partial charge on any atom is -0.469 e. The van der Waals surface area contributed by atoms with Gasteiger partial charge in [0.25, 0.3) is 5.69 Å². The molecule has 1 saturated heterocycles. The largest absolute Gasteiger partial charge is 0.469 e. The first-order valence-electron chi connectivity index (χ1n) is 6.92. The number of piperidine rings is 1. The Kier molecular flexibility index (Phi) is 4.76. The Morgan fingerprint density at radius 2 is 1.96 bits per heavy atom. The second-order valence-corrected chi connectivity index (χ2v) is 5.24. The number of rotatable bonds is 3. The number of halogens is 3. The first-order valence-corrected chi connectivity index (χ1v) is 6.92. The van der Waals surface area contributed by atoms with Crippen LogP contribution in [-0.4, -0.2) is 31.1 Å². The van der Waals surface area contributed by atoms with Gasteiger partial charge in [-0.1, -0.05) is 0 Å². The number of nitrogens with zero attached hydrogens (tertiary/aromatic N) is 2. The molecule has 126 valence electrons. The highest BCUT2D eigenvalue weighted by molar-refractivity contribution is 5.73. The maximum absolute atomic E-state index is 12.7. The van der Waals surface area contributed by atoms with E-state index in [1.807, 2.05) is 0 Å². The van der Waals surface area contributed by atoms with E-state index in [1.165, 1.54) is 7.11 Å². The van der Waals surface area contributed by atoms with Crippen LogP contribution in [0, 0.1) is 16.0 Å². The fourth-order valence-corrected chi connectivity index (χ4v) is 2.64. The van der Waals surface area contributed by atoms with Crippen molar-refractivity contribution in [3.05, 3.63) is 33.9 Å². The molecule has 1 aromatic rings. The van der Waals surface area contributed by atoms with Crippen molar-refractivity contribution in [3.8, 4) is 0 Å². The van der Waals surface area contributed by atoms with E-state index in [2.05, 4.69) is 4.74 Å². The van der Waals surface area contributed by atoms with Crippen LogP contribution in [0.1, 0.15) is 18.4 Å². The number of esters is 1. The minimum absolute atomic E-state index is 0.131. The Morgan fingerprint density at radius 3 is 2.43 bits per heavy atom. The highest BCUT2D eigenvalue weighted by Crippen LogP contribution is 2.37. The van der Waals surface area contributed by atoms with Crippen LogP contribution in [0.15, 0.2) is 18.2 Å². The lowest BCUT2D eigenvalue weighted by Gasteiger charge is -2.32. The number of carbonyl (C=O) groups excluding carboxylic acids is 1. The van der Waals surface area contributed by atoms with Gasteiger partial charge in [0.2, 0.25) is 0 Å². The molecule has 1 heterocycles. The van der Waals surface area contributed by atoms with Gasteiger partial charge in [0.05, 0.1) is 23.5 Å². The second-order valence-electron chi connectivity index (χ2n) is 5.24. The normalized spacial score (nSPS) is 16.3. The van der Waals surface area contributed by atoms with E-state index >= 15 is 0 Å². The molecule has 1 aliphatic heterocycles. The van der Waals surface area contributed by atoms with Crippen molar-refractivity contribution in [3.63, 3.8) is 0 Å². The van der Waals surface area contributed by atoms with Crippen LogP contribution in [0.2, 0.25) is 0 Å². The molecule has 2 rings (SSSR count). The van der Waals surface area contributed by atoms with Crippen LogP contribution in [0.3, 0.4) is 0 Å². The Labute approximate surface area is 130 Å². The summed E-state index contributed by atoms with van der Waals surface area (Å²) in [5.74, 6) is -0.628. The number of alkyl halides is 3. The number of hydrogen-bond donors (Lipinski definition) is 0. The Balaban J connectivity index is 2.23. The van der Waals surface area contributed by atoms with Crippen molar-refractivity contribution in [2.75, 3.05) is 25.1 Å². The average molecular weight is 332 g/mol. The highest BCUT2D eigenvalue weighted by atomic mass is 19.4. The summed E-state index contributed by atoms with van der Waals surface area (Å²) in [4.78, 5) is 23.4. The van der Waals surface area contributed by atoms with Crippen LogP contribution in [0.4, 0.5) is 24.5 Å². The third-order valence-electron chi connectivity index (χ3n) is 3.87. The lowest BCUT2D eigenvalue weighted by atomic mass is 9.96. The molecule has 0 radical (unpaired) electrons. The molecule has 0 bridgehead atoms. The number of nitro benzene ring substituents is 1. The van der Waals surface area contributed by atoms with E-state index in [4.69, 9.17) is 0 Å². The zero-order valence-corrected chi connectivity index (χ0v) is 12.3. The fraction of sp³-hybridized carbons (Fsp3) is 0.500. The van der Waals surface area contributed by atoms with Crippen molar-refractivity contribution in [1.82, 2.24) is 0 Å². The van der Waals surface area contributed by atoms with Crippen LogP contribution < -0.4 is 4.90 Å². The molecule has 0 amide bonds. The molecular weight excluding hydrogens is 317 g/mol. The van der Waals surface area contributed by atoms with Gasteiger partial charge in [-0.25, -0.2) is 0 Å². The molecule has 1 fully saturated rings. The second kappa shape index (κ2) is 6.43. The maximum atomic E-state index is 12.7. The lowest BCUT2D eigenvalue weighted by molar-refractivity contribution is -0.384. The molecule has 0 N–H and O–H groups in total. The van der Waals surface area contributed by atoms with Gasteiger partial charge in [0.1, 0.15) is 5.69 Å². The van der Waals surface area contributed by atoms with E-state index in [-0.39, 0.29) is 17.6 Å². The first kappa shape index (κ1) is 17.0. The van der Waals surface area contributed by atoms with Crippen LogP contribution in [0.5, 0.6) is 0 Å². The molecule has 6 nitrogen and oxygen atoms in total. The van der Waals surface area contributed by atoms with E-state index < -0.39 is 22.4 Å². The Hall–Kier alpha value is -2.32. The summed E-state index contributed by atoms with van der Waals surface area (Å²) in [6.45, 7) is 0.679. The zero-order valence-electron chi connectivity index (χ0n) is 12.3. The molecule has 0 unspecified atom stereocenters. The van der Waals surface area contributed by atoms with E-state index in [0.717, 1.165) is 12.1 Å². The third kappa shape index (κ3) is 3.72. The van der Waals surface area contributed by atoms with Gasteiger partial charge < -0.3 is 9.64 Å². The molecule has 0 aliphatic carbocycles. The lowest BCUT2D eigenvalue weighted by Crippen LogP contribution is -2.37. The molecular formula is C14H15F3N2O4. The smallest absolute Gasteiger partial charge is 0.416 e. The molecule has 1 aromatic carbocycles. The number of ether oxygens (including phenoxy) is 1. The van der Waals surface area contributed by atoms with Gasteiger partial charge in [-0.05, 0) is 25.0 Å². The quantitative estimate of drug-likeness (QED) is 0.483. The molecule has 0 spiro atoms. The Morgan fingerprint density at radius 1 is 1.35 bits per heavy atom. The molecule has 23 heavy (non-hydrogen) atoms. The molecule has 1 aliphatic rings. The summed E-state index contributed by atoms with van der Waals surface area (Å²) in [6, 6.07) is 2.48. The third-order valence-corrected chi connectivity index (χ3v) is 3.87. The summed E-state index contributed by atoms with van der Waals surface area (Å²) in [5, 5.41) is 11.1. The summed E-state index contributed by atoms with van der Waals surface area (Å²) < 4.78 is 42.7. The van der Waals surface area contributed by atoms with Gasteiger partial charge in [-0.15, -0.1) is 0 Å². The van der Waals surface area contributed by atoms with Gasteiger partial charge in [-0.2, -0.15) is 13.2 Å². The van der Waals surface area contributed by atoms with E-state index in [9.17, 15) is 28.1 Å². The van der Waals surface area contributed by atoms with Crippen molar-refractivity contribution >= 4 is 17.3 Å². The molecule has 9 heteroatoms. The number of carbonyl (C=O) groups is 1. The fourth-order valence-electron chi connectivity index (χ4n) is 2.64. The predicted octanol–water partition coefficient (Wildman–Crippen LogP) is 3.00. The van der Waals surface area contributed by atoms with Crippen LogP contribution in [0.25, 0.3) is 0 Å². The summed E-state index contributed by atoms with van der Waals surface area (Å²) in [6.07, 6.45) is -3.77. The minimum atomic E-state index is -4.64. The number of methoxy groups -OCH3 is 1. The maximum Gasteiger partial charge on any atom is 0.416 e. The van der Waals surface area contributed by atoms with Crippen LogP contribution in [-0.2, 0) is 15.7 Å². The van der Waals surface area contributed by atoms with E-state index in [1.54, 1.807) is 4.90 Å². The Bertz CT molecular complexity index is 611. The van der Waals surface area contributed by atoms with E-state index in [0.29, 0.717) is 32.0 Å². The summed E-state index contributed by atoms with van der Waals surface area (Å²) in [5.41, 5.74) is -1.51. The average Bonchev–Trinajstić information content (AvgIpc) is 2.52. The number of anilines is 1. The topological polar surface area (TPSA) is 72.7 Å². The summed E-state index contributed by atoms with van der Waals surface area (Å²) in [7, 11) is 1.29. The van der Waals surface area contributed by atoms with Gasteiger partial charge in [0.15, 0.2) is 0 Å². The van der Waals surface area contributed by atoms with Crippen molar-refractivity contribution in [2.45, 2.75) is 19.0 Å². The van der Waals surface area contributed by atoms with Gasteiger partial charge in [-0.3, -0.25) is 14.9 Å².